The van der Waals surface area contributed by atoms with Crippen LogP contribution in [0.4, 0.5) is 5.69 Å². The molecule has 6 aromatic carbocycles. The molecule has 260 valence electrons. The zero-order valence-electron chi connectivity index (χ0n) is 29.9. The van der Waals surface area contributed by atoms with Crippen molar-refractivity contribution in [2.24, 2.45) is 0 Å². The summed E-state index contributed by atoms with van der Waals surface area (Å²) in [6, 6.07) is 57.8. The fraction of sp³-hybridized carbons (Fsp3) is 0.0400. The van der Waals surface area contributed by atoms with Gasteiger partial charge in [-0.3, -0.25) is 4.57 Å². The molecule has 5 nitrogen and oxygen atoms in total. The molecular formula is C50H34N5-. The average molecular weight is 705 g/mol. The van der Waals surface area contributed by atoms with Crippen molar-refractivity contribution >= 4 is 44.6 Å². The van der Waals surface area contributed by atoms with Crippen molar-refractivity contribution in [2.45, 2.75) is 5.41 Å². The van der Waals surface area contributed by atoms with Crippen LogP contribution in [0.3, 0.4) is 0 Å². The lowest BCUT2D eigenvalue weighted by Gasteiger charge is -2.32. The molecule has 0 amide bonds. The van der Waals surface area contributed by atoms with Gasteiger partial charge in [0.1, 0.15) is 5.65 Å². The minimum absolute atomic E-state index is 0.467. The highest BCUT2D eigenvalue weighted by Gasteiger charge is 2.48. The maximum atomic E-state index is 4.80. The molecule has 0 saturated carbocycles. The van der Waals surface area contributed by atoms with Gasteiger partial charge in [-0.15, -0.1) is 18.3 Å². The van der Waals surface area contributed by atoms with Crippen LogP contribution in [-0.4, -0.2) is 25.6 Å². The molecule has 0 spiro atoms. The number of para-hydroxylation sites is 1. The second kappa shape index (κ2) is 11.4. The molecule has 4 aromatic heterocycles. The molecule has 2 N–H and O–H groups in total. The zero-order valence-corrected chi connectivity index (χ0v) is 29.9. The first-order valence-corrected chi connectivity index (χ1v) is 18.9. The fourth-order valence-corrected chi connectivity index (χ4v) is 9.70. The smallest absolute Gasteiger partial charge is 0.121 e. The van der Waals surface area contributed by atoms with Crippen molar-refractivity contribution in [3.05, 3.63) is 210 Å². The maximum absolute atomic E-state index is 4.80. The lowest BCUT2D eigenvalue weighted by atomic mass is 9.69. The van der Waals surface area contributed by atoms with Gasteiger partial charge in [-0.05, 0) is 88.0 Å². The highest BCUT2D eigenvalue weighted by atomic mass is 15.1. The molecule has 0 atom stereocenters. The van der Waals surface area contributed by atoms with E-state index < -0.39 is 5.41 Å². The molecule has 0 unspecified atom stereocenters. The Morgan fingerprint density at radius 3 is 1.93 bits per heavy atom. The van der Waals surface area contributed by atoms with Gasteiger partial charge in [0.05, 0.1) is 16.4 Å². The van der Waals surface area contributed by atoms with Crippen LogP contribution in [0.25, 0.3) is 77.9 Å². The number of nitrogens with zero attached hydrogens (tertiary/aromatic N) is 3. The Balaban J connectivity index is 0.995. The summed E-state index contributed by atoms with van der Waals surface area (Å²) in [5.74, 6) is 0. The molecular weight excluding hydrogens is 671 g/mol. The molecule has 0 bridgehead atoms. The van der Waals surface area contributed by atoms with E-state index in [-0.39, 0.29) is 0 Å². The molecule has 0 radical (unpaired) electrons. The van der Waals surface area contributed by atoms with Crippen LogP contribution in [0.1, 0.15) is 28.1 Å². The second-order valence-corrected chi connectivity index (χ2v) is 14.6. The third-order valence-corrected chi connectivity index (χ3v) is 11.9. The van der Waals surface area contributed by atoms with Gasteiger partial charge in [-0.25, -0.2) is 0 Å². The van der Waals surface area contributed by atoms with Crippen LogP contribution >= 0.6 is 0 Å². The Morgan fingerprint density at radius 2 is 1.20 bits per heavy atom. The minimum Gasteiger partial charge on any atom is -0.679 e. The van der Waals surface area contributed by atoms with Crippen molar-refractivity contribution in [1.29, 1.82) is 0 Å². The first-order chi connectivity index (χ1) is 27.3. The van der Waals surface area contributed by atoms with Gasteiger partial charge < -0.3 is 19.9 Å². The van der Waals surface area contributed by atoms with Crippen LogP contribution in [-0.2, 0) is 5.41 Å². The third kappa shape index (κ3) is 4.07. The van der Waals surface area contributed by atoms with Gasteiger partial charge in [-0.1, -0.05) is 109 Å². The molecule has 2 aliphatic rings. The second-order valence-electron chi connectivity index (χ2n) is 14.6. The number of hydrogen-bond acceptors (Lipinski definition) is 0. The zero-order chi connectivity index (χ0) is 36.1. The Morgan fingerprint density at radius 1 is 0.545 bits per heavy atom. The van der Waals surface area contributed by atoms with Gasteiger partial charge in [0, 0.05) is 56.9 Å². The molecule has 0 fully saturated rings. The Hall–Kier alpha value is -7.24. The van der Waals surface area contributed by atoms with Gasteiger partial charge in [0.2, 0.25) is 0 Å². The molecule has 5 heterocycles. The van der Waals surface area contributed by atoms with Crippen molar-refractivity contribution in [3.8, 4) is 33.6 Å². The van der Waals surface area contributed by atoms with Crippen molar-refractivity contribution < 1.29 is 0 Å². The Labute approximate surface area is 317 Å². The standard InChI is InChI=1S/C50H34N5/c1-3-10-34(11-4-1)50(35-12-5-2-6-13-35)41-25-26-43-46(45(41)39-27-30-52-48(39)50)38-14-7-8-15-42(38)54(43)36-21-17-32(18-22-36)33-19-23-37(24-20-33)55-44-16-9-29-51-47(44)40-28-31-53-49(40)55/h1-28,30-31,52-53H,29H2/q-1. The lowest BCUT2D eigenvalue weighted by molar-refractivity contribution is 0.743. The van der Waals surface area contributed by atoms with Crippen molar-refractivity contribution in [2.75, 3.05) is 6.54 Å². The highest BCUT2D eigenvalue weighted by Crippen LogP contribution is 2.58. The van der Waals surface area contributed by atoms with Gasteiger partial charge in [0.25, 0.3) is 0 Å². The van der Waals surface area contributed by atoms with E-state index in [0.717, 1.165) is 40.3 Å². The van der Waals surface area contributed by atoms with Gasteiger partial charge in [0.15, 0.2) is 0 Å². The predicted octanol–water partition coefficient (Wildman–Crippen LogP) is 12.4. The number of hydrogen-bond donors (Lipinski definition) is 2. The average Bonchev–Trinajstić information content (AvgIpc) is 4.08. The molecule has 55 heavy (non-hydrogen) atoms. The first kappa shape index (κ1) is 30.2. The monoisotopic (exact) mass is 704 g/mol. The van der Waals surface area contributed by atoms with Gasteiger partial charge >= 0.3 is 0 Å². The minimum atomic E-state index is -0.467. The van der Waals surface area contributed by atoms with Crippen molar-refractivity contribution in [1.82, 2.24) is 19.1 Å². The van der Waals surface area contributed by atoms with E-state index >= 15 is 0 Å². The SMILES string of the molecule is C1=Cc2c(c3cc[nH]c3n2-c2ccc(-c3ccc(-n4c5ccccc5c5c6c(ccc54)C(c4ccccc4)(c4ccccc4)c4[nH]ccc4-6)cc3)cc2)[N-]C1. The number of H-pyrrole nitrogens is 2. The van der Waals surface area contributed by atoms with Gasteiger partial charge in [-0.2, -0.15) is 0 Å². The molecule has 1 aliphatic heterocycles. The summed E-state index contributed by atoms with van der Waals surface area (Å²) in [4.78, 5) is 7.18. The molecule has 10 aromatic rings. The van der Waals surface area contributed by atoms with E-state index in [0.29, 0.717) is 0 Å². The summed E-state index contributed by atoms with van der Waals surface area (Å²) < 4.78 is 4.71. The Bertz CT molecular complexity index is 3080. The quantitative estimate of drug-likeness (QED) is 0.179. The number of rotatable bonds is 5. The van der Waals surface area contributed by atoms with E-state index in [9.17, 15) is 0 Å². The maximum Gasteiger partial charge on any atom is 0.121 e. The van der Waals surface area contributed by atoms with E-state index in [4.69, 9.17) is 5.32 Å². The summed E-state index contributed by atoms with van der Waals surface area (Å²) in [5, 5.41) is 8.50. The fourth-order valence-electron chi connectivity index (χ4n) is 9.70. The van der Waals surface area contributed by atoms with Crippen LogP contribution in [0.15, 0.2) is 176 Å². The van der Waals surface area contributed by atoms with Crippen LogP contribution < -0.4 is 0 Å². The number of nitrogens with one attached hydrogen (secondary N) is 2. The topological polar surface area (TPSA) is 55.5 Å². The summed E-state index contributed by atoms with van der Waals surface area (Å²) in [5.41, 5.74) is 17.4. The normalized spacial score (nSPS) is 14.0. The molecule has 12 rings (SSSR count). The number of aromatic nitrogens is 4. The molecule has 5 heteroatoms. The summed E-state index contributed by atoms with van der Waals surface area (Å²) >= 11 is 0. The van der Waals surface area contributed by atoms with Crippen LogP contribution in [0.2, 0.25) is 0 Å². The summed E-state index contributed by atoms with van der Waals surface area (Å²) in [7, 11) is 0. The van der Waals surface area contributed by atoms with E-state index in [1.807, 2.05) is 6.20 Å². The van der Waals surface area contributed by atoms with E-state index in [1.165, 1.54) is 66.4 Å². The summed E-state index contributed by atoms with van der Waals surface area (Å²) in [6.45, 7) is 0.722. The van der Waals surface area contributed by atoms with E-state index in [1.54, 1.807) is 0 Å². The lowest BCUT2D eigenvalue weighted by Crippen LogP contribution is -2.29. The summed E-state index contributed by atoms with van der Waals surface area (Å²) in [6.07, 6.45) is 8.41. The molecule has 1 aliphatic carbocycles. The van der Waals surface area contributed by atoms with Crippen molar-refractivity contribution in [3.63, 3.8) is 0 Å². The Kier molecular flexibility index (Phi) is 6.26. The third-order valence-electron chi connectivity index (χ3n) is 11.9. The van der Waals surface area contributed by atoms with Crippen LogP contribution in [0, 0.1) is 0 Å². The number of aromatic amines is 2. The van der Waals surface area contributed by atoms with Crippen LogP contribution in [0.5, 0.6) is 0 Å². The van der Waals surface area contributed by atoms with E-state index in [2.05, 4.69) is 195 Å². The number of benzene rings is 6. The first-order valence-electron chi connectivity index (χ1n) is 18.9. The largest absolute Gasteiger partial charge is 0.679 e. The predicted molar refractivity (Wildman–Crippen MR) is 226 cm³/mol. The highest BCUT2D eigenvalue weighted by molar-refractivity contribution is 6.18. The number of fused-ring (bicyclic) bond motifs is 10. The molecule has 0 saturated heterocycles.